The molecule has 2 aromatic rings. The molecule has 0 radical (unpaired) electrons. The van der Waals surface area contributed by atoms with Gasteiger partial charge in [0, 0.05) is 24.8 Å². The summed E-state index contributed by atoms with van der Waals surface area (Å²) in [6.07, 6.45) is 0. The first-order chi connectivity index (χ1) is 12.8. The zero-order valence-electron chi connectivity index (χ0n) is 17.5. The van der Waals surface area contributed by atoms with E-state index in [0.717, 1.165) is 11.5 Å². The van der Waals surface area contributed by atoms with Gasteiger partial charge in [0.15, 0.2) is 13.6 Å². The fourth-order valence-electron chi connectivity index (χ4n) is 2.95. The van der Waals surface area contributed by atoms with Gasteiger partial charge in [0.2, 0.25) is 0 Å². The van der Waals surface area contributed by atoms with E-state index >= 15 is 0 Å². The molecule has 4 nitrogen and oxygen atoms in total. The molecule has 0 fully saturated rings. The van der Waals surface area contributed by atoms with Crippen LogP contribution in [0.25, 0.3) is 0 Å². The highest BCUT2D eigenvalue weighted by Gasteiger charge is 2.32. The van der Waals surface area contributed by atoms with Crippen LogP contribution in [0, 0.1) is 13.8 Å². The summed E-state index contributed by atoms with van der Waals surface area (Å²) in [5, 5.41) is 2.40. The molecule has 0 amide bonds. The minimum Gasteiger partial charge on any atom is -0.467 e. The van der Waals surface area contributed by atoms with Crippen LogP contribution in [-0.2, 0) is 9.47 Å². The molecule has 0 bridgehead atoms. The summed E-state index contributed by atoms with van der Waals surface area (Å²) in [6, 6.07) is 12.7. The lowest BCUT2D eigenvalue weighted by molar-refractivity contribution is 0.0518. The van der Waals surface area contributed by atoms with Crippen LogP contribution in [0.1, 0.15) is 31.9 Å². The van der Waals surface area contributed by atoms with Gasteiger partial charge in [-0.3, -0.25) is 0 Å². The Morgan fingerprint density at radius 2 is 1.15 bits per heavy atom. The molecule has 0 aliphatic rings. The van der Waals surface area contributed by atoms with E-state index in [1.165, 1.54) is 21.7 Å². The number of hydrogen-bond donors (Lipinski definition) is 0. The quantitative estimate of drug-likeness (QED) is 0.491. The van der Waals surface area contributed by atoms with Gasteiger partial charge in [-0.1, -0.05) is 44.0 Å². The summed E-state index contributed by atoms with van der Waals surface area (Å²) in [4.78, 5) is 0. The highest BCUT2D eigenvalue weighted by atomic mass is 31.1. The monoisotopic (exact) mass is 390 g/mol. The highest BCUT2D eigenvalue weighted by Crippen LogP contribution is 2.51. The molecular formula is C22H31O4P. The van der Waals surface area contributed by atoms with Crippen molar-refractivity contribution in [2.24, 2.45) is 0 Å². The zero-order valence-corrected chi connectivity index (χ0v) is 18.4. The Morgan fingerprint density at radius 1 is 0.741 bits per heavy atom. The predicted octanol–water partition coefficient (Wildman–Crippen LogP) is 4.50. The molecule has 0 unspecified atom stereocenters. The van der Waals surface area contributed by atoms with E-state index in [-0.39, 0.29) is 18.7 Å². The zero-order chi connectivity index (χ0) is 20.0. The molecule has 0 N–H and O–H groups in total. The van der Waals surface area contributed by atoms with Crippen LogP contribution in [0.5, 0.6) is 11.5 Å². The molecule has 0 saturated carbocycles. The third kappa shape index (κ3) is 5.68. The molecule has 148 valence electrons. The summed E-state index contributed by atoms with van der Waals surface area (Å²) >= 11 is 0. The van der Waals surface area contributed by atoms with Crippen LogP contribution in [0.4, 0.5) is 0 Å². The molecule has 0 aliphatic carbocycles. The van der Waals surface area contributed by atoms with Crippen molar-refractivity contribution in [3.8, 4) is 11.5 Å². The Morgan fingerprint density at radius 3 is 1.48 bits per heavy atom. The molecule has 27 heavy (non-hydrogen) atoms. The summed E-state index contributed by atoms with van der Waals surface area (Å²) in [6.45, 7) is 11.5. The van der Waals surface area contributed by atoms with E-state index in [1.807, 2.05) is 12.1 Å². The van der Waals surface area contributed by atoms with Crippen molar-refractivity contribution in [2.75, 3.05) is 27.8 Å². The van der Waals surface area contributed by atoms with E-state index in [4.69, 9.17) is 18.9 Å². The normalized spacial score (nSPS) is 11.7. The van der Waals surface area contributed by atoms with E-state index in [9.17, 15) is 0 Å². The molecule has 5 heteroatoms. The first kappa shape index (κ1) is 21.7. The first-order valence-corrected chi connectivity index (χ1v) is 10.4. The molecule has 2 rings (SSSR count). The predicted molar refractivity (Wildman–Crippen MR) is 113 cm³/mol. The minimum atomic E-state index is -0.760. The van der Waals surface area contributed by atoms with E-state index < -0.39 is 7.92 Å². The van der Waals surface area contributed by atoms with Gasteiger partial charge >= 0.3 is 0 Å². The van der Waals surface area contributed by atoms with Crippen molar-refractivity contribution in [1.29, 1.82) is 0 Å². The van der Waals surface area contributed by atoms with Crippen LogP contribution in [0.3, 0.4) is 0 Å². The van der Waals surface area contributed by atoms with Gasteiger partial charge < -0.3 is 18.9 Å². The summed E-state index contributed by atoms with van der Waals surface area (Å²) in [5.74, 6) is 1.73. The molecule has 0 heterocycles. The average Bonchev–Trinajstić information content (AvgIpc) is 2.59. The third-order valence-electron chi connectivity index (χ3n) is 4.05. The van der Waals surface area contributed by atoms with Gasteiger partial charge in [-0.15, -0.1) is 0 Å². The van der Waals surface area contributed by atoms with E-state index in [2.05, 4.69) is 58.9 Å². The van der Waals surface area contributed by atoms with Crippen molar-refractivity contribution in [3.63, 3.8) is 0 Å². The lowest BCUT2D eigenvalue weighted by atomic mass is 10.2. The molecule has 0 spiro atoms. The van der Waals surface area contributed by atoms with Gasteiger partial charge in [0.1, 0.15) is 11.5 Å². The van der Waals surface area contributed by atoms with Gasteiger partial charge in [0.25, 0.3) is 0 Å². The molecule has 0 aromatic heterocycles. The van der Waals surface area contributed by atoms with Crippen LogP contribution in [-0.4, -0.2) is 33.0 Å². The van der Waals surface area contributed by atoms with Crippen LogP contribution < -0.4 is 20.1 Å². The van der Waals surface area contributed by atoms with Crippen LogP contribution >= 0.6 is 7.92 Å². The average molecular weight is 390 g/mol. The number of benzene rings is 2. The largest absolute Gasteiger partial charge is 0.467 e. The lowest BCUT2D eigenvalue weighted by Crippen LogP contribution is -2.29. The second kappa shape index (κ2) is 9.54. The number of methoxy groups -OCH3 is 2. The second-order valence-corrected chi connectivity index (χ2v) is 10.5. The van der Waals surface area contributed by atoms with Crippen molar-refractivity contribution >= 4 is 18.5 Å². The summed E-state index contributed by atoms with van der Waals surface area (Å²) < 4.78 is 22.1. The first-order valence-electron chi connectivity index (χ1n) is 9.03. The summed E-state index contributed by atoms with van der Waals surface area (Å²) in [7, 11) is 2.51. The maximum absolute atomic E-state index is 5.92. The van der Waals surface area contributed by atoms with Crippen LogP contribution in [0.15, 0.2) is 36.4 Å². The van der Waals surface area contributed by atoms with Crippen molar-refractivity contribution in [1.82, 2.24) is 0 Å². The molecule has 0 atom stereocenters. The van der Waals surface area contributed by atoms with Crippen molar-refractivity contribution < 1.29 is 18.9 Å². The smallest absolute Gasteiger partial charge is 0.188 e. The standard InChI is InChI=1S/C22H31O4P/c1-16-8-10-18(25-14-23-6)20(12-16)27(22(3,4)5)21-13-17(2)9-11-19(21)26-15-24-7/h8-13H,14-15H2,1-7H3. The van der Waals surface area contributed by atoms with E-state index in [0.29, 0.717) is 0 Å². The number of hydrogen-bond acceptors (Lipinski definition) is 4. The number of ether oxygens (including phenoxy) is 4. The van der Waals surface area contributed by atoms with Crippen molar-refractivity contribution in [2.45, 2.75) is 39.8 Å². The Bertz CT molecular complexity index is 695. The fraction of sp³-hybridized carbons (Fsp3) is 0.455. The highest BCUT2D eigenvalue weighted by molar-refractivity contribution is 7.74. The molecule has 0 aliphatic heterocycles. The Balaban J connectivity index is 2.65. The van der Waals surface area contributed by atoms with Gasteiger partial charge in [0.05, 0.1) is 0 Å². The topological polar surface area (TPSA) is 36.9 Å². The van der Waals surface area contributed by atoms with Crippen LogP contribution in [0.2, 0.25) is 0 Å². The molecular weight excluding hydrogens is 359 g/mol. The van der Waals surface area contributed by atoms with E-state index in [1.54, 1.807) is 14.2 Å². The van der Waals surface area contributed by atoms with Crippen molar-refractivity contribution in [3.05, 3.63) is 47.5 Å². The molecule has 2 aromatic carbocycles. The fourth-order valence-corrected chi connectivity index (χ4v) is 6.04. The number of aryl methyl sites for hydroxylation is 2. The van der Waals surface area contributed by atoms with Gasteiger partial charge in [-0.25, -0.2) is 0 Å². The lowest BCUT2D eigenvalue weighted by Gasteiger charge is -2.34. The Labute approximate surface area is 164 Å². The minimum absolute atomic E-state index is 0.00723. The van der Waals surface area contributed by atoms with Gasteiger partial charge in [-0.05, 0) is 51.2 Å². The maximum atomic E-state index is 5.92. The second-order valence-electron chi connectivity index (χ2n) is 7.55. The SMILES string of the molecule is COCOc1ccc(C)cc1P(c1cc(C)ccc1OCOC)C(C)(C)C. The number of rotatable bonds is 8. The maximum Gasteiger partial charge on any atom is 0.188 e. The third-order valence-corrected chi connectivity index (χ3v) is 7.05. The Kier molecular flexibility index (Phi) is 7.67. The Hall–Kier alpha value is -1.61. The summed E-state index contributed by atoms with van der Waals surface area (Å²) in [5.41, 5.74) is 2.41. The molecule has 0 saturated heterocycles. The van der Waals surface area contributed by atoms with Gasteiger partial charge in [-0.2, -0.15) is 0 Å².